The molecular weight excluding hydrogens is 236 g/mol. The summed E-state index contributed by atoms with van der Waals surface area (Å²) in [5.74, 6) is 0.0595. The van der Waals surface area contributed by atoms with E-state index in [2.05, 4.69) is 36.2 Å². The highest BCUT2D eigenvalue weighted by Gasteiger charge is 2.02. The number of hydrogen-bond acceptors (Lipinski definition) is 3. The van der Waals surface area contributed by atoms with E-state index in [0.29, 0.717) is 0 Å². The van der Waals surface area contributed by atoms with Crippen LogP contribution in [0.15, 0.2) is 36.0 Å². The maximum absolute atomic E-state index is 11.0. The lowest BCUT2D eigenvalue weighted by Gasteiger charge is -2.18. The zero-order valence-corrected chi connectivity index (χ0v) is 12.4. The molecule has 0 unspecified atom stereocenters. The van der Waals surface area contributed by atoms with Gasteiger partial charge in [-0.05, 0) is 50.7 Å². The summed E-state index contributed by atoms with van der Waals surface area (Å²) in [5.41, 5.74) is 3.18. The highest BCUT2D eigenvalue weighted by molar-refractivity contribution is 5.88. The molecule has 0 amide bonds. The summed E-state index contributed by atoms with van der Waals surface area (Å²) in [5, 5.41) is 3.24. The van der Waals surface area contributed by atoms with Gasteiger partial charge in [-0.25, -0.2) is 0 Å². The molecule has 19 heavy (non-hydrogen) atoms. The van der Waals surface area contributed by atoms with Gasteiger partial charge in [-0.1, -0.05) is 26.0 Å². The van der Waals surface area contributed by atoms with E-state index in [1.165, 1.54) is 5.56 Å². The average molecular weight is 260 g/mol. The van der Waals surface area contributed by atoms with Crippen molar-refractivity contribution >= 4 is 11.5 Å². The molecule has 1 aromatic rings. The van der Waals surface area contributed by atoms with Crippen molar-refractivity contribution in [3.8, 4) is 0 Å². The van der Waals surface area contributed by atoms with Gasteiger partial charge in [-0.15, -0.1) is 0 Å². The molecule has 0 saturated carbocycles. The molecule has 0 saturated heterocycles. The van der Waals surface area contributed by atoms with E-state index in [1.807, 2.05) is 19.1 Å². The summed E-state index contributed by atoms with van der Waals surface area (Å²) in [6, 6.07) is 8.33. The zero-order chi connectivity index (χ0) is 14.3. The lowest BCUT2D eigenvalue weighted by Crippen LogP contribution is -2.22. The number of allylic oxidation sites excluding steroid dienone is 2. The Morgan fingerprint density at radius 3 is 2.53 bits per heavy atom. The van der Waals surface area contributed by atoms with Crippen LogP contribution < -0.4 is 5.32 Å². The molecule has 0 spiro atoms. The molecule has 0 bridgehead atoms. The van der Waals surface area contributed by atoms with Crippen molar-refractivity contribution in [3.05, 3.63) is 41.6 Å². The van der Waals surface area contributed by atoms with Gasteiger partial charge in [-0.3, -0.25) is 9.69 Å². The second-order valence-corrected chi connectivity index (χ2v) is 4.72. The lowest BCUT2D eigenvalue weighted by atomic mass is 10.2. The molecule has 0 heterocycles. The second kappa shape index (κ2) is 7.74. The summed E-state index contributed by atoms with van der Waals surface area (Å²) in [7, 11) is 0. The van der Waals surface area contributed by atoms with Crippen LogP contribution in [0, 0.1) is 0 Å². The number of nitrogens with zero attached hydrogens (tertiary/aromatic N) is 1. The SMILES string of the molecule is CCN(CC)Cc1cccc(N/C(C)=C/C(C)=O)c1. The monoisotopic (exact) mass is 260 g/mol. The van der Waals surface area contributed by atoms with Gasteiger partial charge in [0, 0.05) is 17.9 Å². The van der Waals surface area contributed by atoms with Gasteiger partial charge in [0.1, 0.15) is 0 Å². The number of anilines is 1. The summed E-state index contributed by atoms with van der Waals surface area (Å²) < 4.78 is 0. The number of nitrogens with one attached hydrogen (secondary N) is 1. The molecular formula is C16H24N2O. The number of rotatable bonds is 7. The molecule has 1 rings (SSSR count). The number of carbonyl (C=O) groups excluding carboxylic acids is 1. The molecule has 1 aromatic carbocycles. The standard InChI is InChI=1S/C16H24N2O/c1-5-18(6-2)12-15-8-7-9-16(11-15)17-13(3)10-14(4)19/h7-11,17H,5-6,12H2,1-4H3/b13-10+. The minimum absolute atomic E-state index is 0.0595. The number of benzene rings is 1. The van der Waals surface area contributed by atoms with Crippen LogP contribution in [0.5, 0.6) is 0 Å². The zero-order valence-electron chi connectivity index (χ0n) is 12.4. The van der Waals surface area contributed by atoms with Crippen LogP contribution in [0.25, 0.3) is 0 Å². The minimum atomic E-state index is 0.0595. The van der Waals surface area contributed by atoms with Gasteiger partial charge < -0.3 is 5.32 Å². The van der Waals surface area contributed by atoms with Gasteiger partial charge in [0.05, 0.1) is 0 Å². The topological polar surface area (TPSA) is 32.3 Å². The first-order valence-electron chi connectivity index (χ1n) is 6.82. The predicted molar refractivity (Wildman–Crippen MR) is 81.1 cm³/mol. The number of carbonyl (C=O) groups is 1. The number of ketones is 1. The van der Waals surface area contributed by atoms with Crippen molar-refractivity contribution in [2.75, 3.05) is 18.4 Å². The summed E-state index contributed by atoms with van der Waals surface area (Å²) >= 11 is 0. The molecule has 0 aromatic heterocycles. The normalized spacial score (nSPS) is 11.7. The van der Waals surface area contributed by atoms with E-state index in [4.69, 9.17) is 0 Å². The fourth-order valence-electron chi connectivity index (χ4n) is 2.02. The van der Waals surface area contributed by atoms with E-state index in [-0.39, 0.29) is 5.78 Å². The molecule has 104 valence electrons. The van der Waals surface area contributed by atoms with Crippen molar-refractivity contribution in [2.24, 2.45) is 0 Å². The van der Waals surface area contributed by atoms with Crippen LogP contribution in [0.2, 0.25) is 0 Å². The van der Waals surface area contributed by atoms with Crippen LogP contribution in [0.4, 0.5) is 5.69 Å². The maximum Gasteiger partial charge on any atom is 0.154 e. The van der Waals surface area contributed by atoms with Crippen LogP contribution in [-0.4, -0.2) is 23.8 Å². The van der Waals surface area contributed by atoms with E-state index in [1.54, 1.807) is 13.0 Å². The first-order valence-corrected chi connectivity index (χ1v) is 6.82. The Kier molecular flexibility index (Phi) is 6.30. The van der Waals surface area contributed by atoms with Gasteiger partial charge in [-0.2, -0.15) is 0 Å². The van der Waals surface area contributed by atoms with E-state index < -0.39 is 0 Å². The van der Waals surface area contributed by atoms with Gasteiger partial charge in [0.15, 0.2) is 5.78 Å². The Hall–Kier alpha value is -1.61. The van der Waals surface area contributed by atoms with Crippen LogP contribution in [-0.2, 0) is 11.3 Å². The Balaban J connectivity index is 2.74. The summed E-state index contributed by atoms with van der Waals surface area (Å²) in [4.78, 5) is 13.4. The van der Waals surface area contributed by atoms with Crippen molar-refractivity contribution in [3.63, 3.8) is 0 Å². The molecule has 3 heteroatoms. The molecule has 0 aliphatic carbocycles. The Morgan fingerprint density at radius 1 is 1.26 bits per heavy atom. The van der Waals surface area contributed by atoms with Crippen LogP contribution in [0.1, 0.15) is 33.3 Å². The van der Waals surface area contributed by atoms with Crippen molar-refractivity contribution in [1.82, 2.24) is 4.90 Å². The van der Waals surface area contributed by atoms with Crippen LogP contribution in [0.3, 0.4) is 0 Å². The Labute approximate surface area is 116 Å². The van der Waals surface area contributed by atoms with Crippen molar-refractivity contribution in [2.45, 2.75) is 34.2 Å². The van der Waals surface area contributed by atoms with Crippen LogP contribution >= 0.6 is 0 Å². The summed E-state index contributed by atoms with van der Waals surface area (Å²) in [6.45, 7) is 10.9. The van der Waals surface area contributed by atoms with E-state index in [9.17, 15) is 4.79 Å². The number of hydrogen-bond donors (Lipinski definition) is 1. The average Bonchev–Trinajstić information content (AvgIpc) is 2.35. The molecule has 0 aliphatic heterocycles. The van der Waals surface area contributed by atoms with Gasteiger partial charge in [0.2, 0.25) is 0 Å². The third-order valence-corrected chi connectivity index (χ3v) is 2.99. The van der Waals surface area contributed by atoms with Gasteiger partial charge >= 0.3 is 0 Å². The highest BCUT2D eigenvalue weighted by Crippen LogP contribution is 2.14. The fourth-order valence-corrected chi connectivity index (χ4v) is 2.02. The third-order valence-electron chi connectivity index (χ3n) is 2.99. The quantitative estimate of drug-likeness (QED) is 0.762. The van der Waals surface area contributed by atoms with Crippen molar-refractivity contribution < 1.29 is 4.79 Å². The van der Waals surface area contributed by atoms with E-state index in [0.717, 1.165) is 31.0 Å². The first-order chi connectivity index (χ1) is 9.05. The molecule has 0 radical (unpaired) electrons. The lowest BCUT2D eigenvalue weighted by molar-refractivity contribution is -0.112. The smallest absolute Gasteiger partial charge is 0.154 e. The molecule has 1 N–H and O–H groups in total. The maximum atomic E-state index is 11.0. The molecule has 3 nitrogen and oxygen atoms in total. The fraction of sp³-hybridized carbons (Fsp3) is 0.438. The highest BCUT2D eigenvalue weighted by atomic mass is 16.1. The molecule has 0 atom stereocenters. The third kappa shape index (κ3) is 5.71. The first kappa shape index (κ1) is 15.4. The predicted octanol–water partition coefficient (Wildman–Crippen LogP) is 3.43. The van der Waals surface area contributed by atoms with E-state index >= 15 is 0 Å². The van der Waals surface area contributed by atoms with Gasteiger partial charge in [0.25, 0.3) is 0 Å². The summed E-state index contributed by atoms with van der Waals surface area (Å²) in [6.07, 6.45) is 1.61. The molecule has 0 fully saturated rings. The Bertz CT molecular complexity index is 448. The Morgan fingerprint density at radius 2 is 1.95 bits per heavy atom. The minimum Gasteiger partial charge on any atom is -0.359 e. The second-order valence-electron chi connectivity index (χ2n) is 4.72. The largest absolute Gasteiger partial charge is 0.359 e. The molecule has 0 aliphatic rings. The van der Waals surface area contributed by atoms with Crippen molar-refractivity contribution in [1.29, 1.82) is 0 Å².